The molecule has 0 radical (unpaired) electrons. The Morgan fingerprint density at radius 3 is 2.08 bits per heavy atom. The molecule has 13 heavy (non-hydrogen) atoms. The zero-order valence-electron chi connectivity index (χ0n) is 9.31. The molecule has 0 heterocycles. The molecule has 2 atom stereocenters. The molecule has 1 aliphatic rings. The third kappa shape index (κ3) is 1.86. The molecule has 0 saturated carbocycles. The fourth-order valence-corrected chi connectivity index (χ4v) is 2.10. The van der Waals surface area contributed by atoms with Crippen molar-refractivity contribution in [2.75, 3.05) is 0 Å². The van der Waals surface area contributed by atoms with Crippen LogP contribution in [0.15, 0.2) is 22.3 Å². The van der Waals surface area contributed by atoms with Crippen LogP contribution in [0.5, 0.6) is 0 Å². The fourth-order valence-electron chi connectivity index (χ4n) is 2.10. The molecule has 74 valence electrons. The summed E-state index contributed by atoms with van der Waals surface area (Å²) in [6.07, 6.45) is 0.605. The smallest absolute Gasteiger partial charge is 0.0549 e. The maximum Gasteiger partial charge on any atom is 0.0549 e. The van der Waals surface area contributed by atoms with Gasteiger partial charge in [-0.1, -0.05) is 18.1 Å². The zero-order chi connectivity index (χ0) is 10.2. The first kappa shape index (κ1) is 10.5. The Kier molecular flexibility index (Phi) is 2.97. The van der Waals surface area contributed by atoms with Crippen LogP contribution < -0.4 is 0 Å². The van der Waals surface area contributed by atoms with Gasteiger partial charge in [0.1, 0.15) is 0 Å². The monoisotopic (exact) mass is 180 g/mol. The first-order valence-electron chi connectivity index (χ1n) is 5.00. The highest BCUT2D eigenvalue weighted by molar-refractivity contribution is 5.46. The minimum absolute atomic E-state index is 0.217. The van der Waals surface area contributed by atoms with E-state index in [4.69, 9.17) is 0 Å². The summed E-state index contributed by atoms with van der Waals surface area (Å²) in [5, 5.41) is 9.37. The van der Waals surface area contributed by atoms with Crippen molar-refractivity contribution in [3.8, 4) is 0 Å². The average molecular weight is 180 g/mol. The number of rotatable bonds is 2. The average Bonchev–Trinajstić information content (AvgIpc) is 2.22. The van der Waals surface area contributed by atoms with Gasteiger partial charge in [0.15, 0.2) is 0 Å². The summed E-state index contributed by atoms with van der Waals surface area (Å²) in [6.45, 7) is 10.6. The Labute approximate surface area is 81.2 Å². The third-order valence-electron chi connectivity index (χ3n) is 3.32. The van der Waals surface area contributed by atoms with Crippen LogP contribution in [-0.2, 0) is 0 Å². The molecule has 0 bridgehead atoms. The van der Waals surface area contributed by atoms with Crippen molar-refractivity contribution in [1.29, 1.82) is 0 Å². The van der Waals surface area contributed by atoms with E-state index < -0.39 is 0 Å². The predicted molar refractivity (Wildman–Crippen MR) is 56.5 cm³/mol. The quantitative estimate of drug-likeness (QED) is 0.692. The van der Waals surface area contributed by atoms with Crippen LogP contribution in [0.3, 0.4) is 0 Å². The molecule has 0 aromatic rings. The first-order valence-corrected chi connectivity index (χ1v) is 5.00. The SMILES string of the molecule is CC1=C(C)C(C)C(CC(C)O)=C1C. The molecular weight excluding hydrogens is 160 g/mol. The maximum absolute atomic E-state index is 9.37. The molecule has 1 nitrogen and oxygen atoms in total. The van der Waals surface area contributed by atoms with E-state index in [1.165, 1.54) is 22.3 Å². The summed E-state index contributed by atoms with van der Waals surface area (Å²) in [5.41, 5.74) is 5.70. The van der Waals surface area contributed by atoms with Crippen LogP contribution in [0, 0.1) is 5.92 Å². The summed E-state index contributed by atoms with van der Waals surface area (Å²) in [7, 11) is 0. The van der Waals surface area contributed by atoms with Gasteiger partial charge in [-0.3, -0.25) is 0 Å². The van der Waals surface area contributed by atoms with Gasteiger partial charge in [0.2, 0.25) is 0 Å². The summed E-state index contributed by atoms with van der Waals surface area (Å²) in [6, 6.07) is 0. The van der Waals surface area contributed by atoms with Gasteiger partial charge in [0.05, 0.1) is 6.10 Å². The van der Waals surface area contributed by atoms with Crippen molar-refractivity contribution < 1.29 is 5.11 Å². The number of hydrogen-bond donors (Lipinski definition) is 1. The summed E-state index contributed by atoms with van der Waals surface area (Å²) < 4.78 is 0. The van der Waals surface area contributed by atoms with Crippen molar-refractivity contribution in [2.24, 2.45) is 5.92 Å². The predicted octanol–water partition coefficient (Wildman–Crippen LogP) is 3.06. The molecule has 1 N–H and O–H groups in total. The molecule has 0 aromatic heterocycles. The second kappa shape index (κ2) is 3.67. The molecular formula is C12H20O. The lowest BCUT2D eigenvalue weighted by Crippen LogP contribution is -2.06. The molecule has 2 unspecified atom stereocenters. The summed E-state index contributed by atoms with van der Waals surface area (Å²) >= 11 is 0. The highest BCUT2D eigenvalue weighted by Gasteiger charge is 2.23. The van der Waals surface area contributed by atoms with Gasteiger partial charge in [-0.05, 0) is 51.2 Å². The van der Waals surface area contributed by atoms with Crippen molar-refractivity contribution in [1.82, 2.24) is 0 Å². The minimum Gasteiger partial charge on any atom is -0.393 e. The zero-order valence-corrected chi connectivity index (χ0v) is 9.31. The maximum atomic E-state index is 9.37. The van der Waals surface area contributed by atoms with E-state index in [-0.39, 0.29) is 6.10 Å². The number of hydrogen-bond acceptors (Lipinski definition) is 1. The van der Waals surface area contributed by atoms with Crippen LogP contribution in [-0.4, -0.2) is 11.2 Å². The molecule has 0 saturated heterocycles. The second-order valence-corrected chi connectivity index (χ2v) is 4.23. The first-order chi connectivity index (χ1) is 5.95. The Bertz CT molecular complexity index is 269. The van der Waals surface area contributed by atoms with E-state index in [1.54, 1.807) is 0 Å². The van der Waals surface area contributed by atoms with Crippen LogP contribution in [0.25, 0.3) is 0 Å². The molecule has 0 amide bonds. The Morgan fingerprint density at radius 1 is 1.23 bits per heavy atom. The Hall–Kier alpha value is -0.560. The standard InChI is InChI=1S/C12H20O/c1-7(13)6-12-10(4)8(2)9(3)11(12)5/h7,10,13H,6H2,1-5H3. The summed E-state index contributed by atoms with van der Waals surface area (Å²) in [4.78, 5) is 0. The Balaban J connectivity index is 2.90. The fraction of sp³-hybridized carbons (Fsp3) is 0.667. The Morgan fingerprint density at radius 2 is 1.77 bits per heavy atom. The number of aliphatic hydroxyl groups excluding tert-OH is 1. The molecule has 0 aliphatic heterocycles. The van der Waals surface area contributed by atoms with E-state index in [0.717, 1.165) is 6.42 Å². The molecule has 1 rings (SSSR count). The van der Waals surface area contributed by atoms with Crippen LogP contribution in [0.4, 0.5) is 0 Å². The lowest BCUT2D eigenvalue weighted by Gasteiger charge is -2.14. The van der Waals surface area contributed by atoms with Crippen LogP contribution in [0.2, 0.25) is 0 Å². The topological polar surface area (TPSA) is 20.2 Å². The van der Waals surface area contributed by atoms with Gasteiger partial charge in [0, 0.05) is 0 Å². The largest absolute Gasteiger partial charge is 0.393 e. The van der Waals surface area contributed by atoms with Gasteiger partial charge in [-0.25, -0.2) is 0 Å². The van der Waals surface area contributed by atoms with E-state index in [9.17, 15) is 5.11 Å². The molecule has 1 aliphatic carbocycles. The van der Waals surface area contributed by atoms with Gasteiger partial charge in [-0.2, -0.15) is 0 Å². The second-order valence-electron chi connectivity index (χ2n) is 4.23. The third-order valence-corrected chi connectivity index (χ3v) is 3.32. The highest BCUT2D eigenvalue weighted by atomic mass is 16.3. The molecule has 0 spiro atoms. The van der Waals surface area contributed by atoms with Gasteiger partial charge >= 0.3 is 0 Å². The lowest BCUT2D eigenvalue weighted by atomic mass is 9.94. The van der Waals surface area contributed by atoms with Gasteiger partial charge < -0.3 is 5.11 Å². The minimum atomic E-state index is -0.217. The normalized spacial score (nSPS) is 25.8. The van der Waals surface area contributed by atoms with Crippen LogP contribution in [0.1, 0.15) is 41.0 Å². The van der Waals surface area contributed by atoms with Gasteiger partial charge in [-0.15, -0.1) is 0 Å². The van der Waals surface area contributed by atoms with E-state index in [1.807, 2.05) is 6.92 Å². The van der Waals surface area contributed by atoms with Crippen molar-refractivity contribution in [3.05, 3.63) is 22.3 Å². The molecule has 1 heteroatoms. The van der Waals surface area contributed by atoms with Crippen molar-refractivity contribution in [3.63, 3.8) is 0 Å². The summed E-state index contributed by atoms with van der Waals surface area (Å²) in [5.74, 6) is 0.537. The number of allylic oxidation sites excluding steroid dienone is 3. The lowest BCUT2D eigenvalue weighted by molar-refractivity contribution is 0.192. The highest BCUT2D eigenvalue weighted by Crippen LogP contribution is 2.38. The molecule has 0 aromatic carbocycles. The van der Waals surface area contributed by atoms with Crippen molar-refractivity contribution >= 4 is 0 Å². The molecule has 0 fully saturated rings. The van der Waals surface area contributed by atoms with E-state index in [0.29, 0.717) is 5.92 Å². The van der Waals surface area contributed by atoms with Gasteiger partial charge in [0.25, 0.3) is 0 Å². The van der Waals surface area contributed by atoms with Crippen LogP contribution >= 0.6 is 0 Å². The van der Waals surface area contributed by atoms with Crippen molar-refractivity contribution in [2.45, 2.75) is 47.1 Å². The van der Waals surface area contributed by atoms with E-state index in [2.05, 4.69) is 27.7 Å². The van der Waals surface area contributed by atoms with E-state index >= 15 is 0 Å². The number of aliphatic hydroxyl groups is 1.